The molecule has 1 aromatic rings. The van der Waals surface area contributed by atoms with Gasteiger partial charge < -0.3 is 20.1 Å². The van der Waals surface area contributed by atoms with E-state index in [4.69, 9.17) is 15.2 Å². The minimum Gasteiger partial charge on any atom is -0.462 e. The molecule has 0 aromatic heterocycles. The van der Waals surface area contributed by atoms with Crippen molar-refractivity contribution in [3.8, 4) is 0 Å². The van der Waals surface area contributed by atoms with Gasteiger partial charge in [0.05, 0.1) is 17.9 Å². The van der Waals surface area contributed by atoms with Crippen molar-refractivity contribution in [1.29, 1.82) is 0 Å². The summed E-state index contributed by atoms with van der Waals surface area (Å²) in [6.45, 7) is 6.31. The fraction of sp³-hybridized carbons (Fsp3) is 0.552. The van der Waals surface area contributed by atoms with Crippen LogP contribution in [0, 0.1) is 0 Å². The molecule has 0 saturated heterocycles. The van der Waals surface area contributed by atoms with E-state index in [-0.39, 0.29) is 46.3 Å². The Kier molecular flexibility index (Phi) is 4.99. The fourth-order valence-electron chi connectivity index (χ4n) is 7.85. The molecule has 1 fully saturated rings. The molecule has 0 unspecified atom stereocenters. The van der Waals surface area contributed by atoms with E-state index in [0.29, 0.717) is 30.6 Å². The number of carbonyl (C=O) groups is 3. The number of rotatable bonds is 2. The first-order valence-electron chi connectivity index (χ1n) is 13.3. The van der Waals surface area contributed by atoms with Crippen LogP contribution in [0.4, 0.5) is 5.69 Å². The van der Waals surface area contributed by atoms with Crippen LogP contribution in [0.3, 0.4) is 0 Å². The van der Waals surface area contributed by atoms with Crippen molar-refractivity contribution in [2.24, 2.45) is 5.73 Å². The van der Waals surface area contributed by atoms with Crippen molar-refractivity contribution >= 4 is 23.3 Å². The molecule has 1 amide bonds. The number of benzene rings is 1. The Balaban J connectivity index is 1.72. The molecule has 36 heavy (non-hydrogen) atoms. The highest BCUT2D eigenvalue weighted by Crippen LogP contribution is 2.63. The van der Waals surface area contributed by atoms with Gasteiger partial charge in [-0.25, -0.2) is 4.79 Å². The van der Waals surface area contributed by atoms with E-state index in [9.17, 15) is 9.59 Å². The summed E-state index contributed by atoms with van der Waals surface area (Å²) in [4.78, 5) is 44.3. The lowest BCUT2D eigenvalue weighted by molar-refractivity contribution is -0.141. The second-order valence-electron chi connectivity index (χ2n) is 11.6. The third kappa shape index (κ3) is 2.77. The number of nitrogens with two attached hydrogens (primary N) is 1. The van der Waals surface area contributed by atoms with Crippen LogP contribution in [-0.2, 0) is 34.7 Å². The number of hydrogen-bond acceptors (Lipinski definition) is 6. The number of nitrogens with zero attached hydrogens (tertiary/aromatic N) is 1. The number of Topliss-reactive ketones (excluding diaryl/α,β-unsaturated/α-hetero) is 1. The van der Waals surface area contributed by atoms with Crippen LogP contribution >= 0.6 is 0 Å². The SMILES string of the molecule is CCOC(=O)C1=C(N)OC2=C(C(=O)CCC2)[C@]12C(=O)N1c3c(cccc32)C(C)(C)CC12CCCCC2. The molecule has 0 radical (unpaired) electrons. The lowest BCUT2D eigenvalue weighted by Crippen LogP contribution is -2.61. The van der Waals surface area contributed by atoms with Gasteiger partial charge in [-0.15, -0.1) is 0 Å². The predicted octanol–water partition coefficient (Wildman–Crippen LogP) is 4.43. The number of hydrogen-bond donors (Lipinski definition) is 1. The molecule has 3 aliphatic heterocycles. The Labute approximate surface area is 211 Å². The highest BCUT2D eigenvalue weighted by Gasteiger charge is 2.68. The molecule has 3 heterocycles. The number of esters is 1. The fourth-order valence-corrected chi connectivity index (χ4v) is 7.85. The quantitative estimate of drug-likeness (QED) is 0.616. The summed E-state index contributed by atoms with van der Waals surface area (Å²) in [7, 11) is 0. The zero-order valence-electron chi connectivity index (χ0n) is 21.4. The van der Waals surface area contributed by atoms with Gasteiger partial charge in [0, 0.05) is 23.9 Å². The average molecular weight is 491 g/mol. The van der Waals surface area contributed by atoms with Crippen molar-refractivity contribution < 1.29 is 23.9 Å². The molecule has 5 aliphatic rings. The van der Waals surface area contributed by atoms with Crippen LogP contribution in [0.5, 0.6) is 0 Å². The number of allylic oxidation sites excluding steroid dienone is 1. The lowest BCUT2D eigenvalue weighted by atomic mass is 9.63. The first-order valence-corrected chi connectivity index (χ1v) is 13.3. The zero-order valence-corrected chi connectivity index (χ0v) is 21.4. The normalized spacial score (nSPS) is 27.8. The van der Waals surface area contributed by atoms with Crippen molar-refractivity contribution in [2.45, 2.75) is 94.9 Å². The molecule has 1 aromatic carbocycles. The van der Waals surface area contributed by atoms with Crippen molar-refractivity contribution in [3.05, 3.63) is 52.1 Å². The van der Waals surface area contributed by atoms with Gasteiger partial charge in [-0.3, -0.25) is 9.59 Å². The summed E-state index contributed by atoms with van der Waals surface area (Å²) in [5.74, 6) is -0.834. The second-order valence-corrected chi connectivity index (χ2v) is 11.6. The zero-order chi connectivity index (χ0) is 25.5. The molecular weight excluding hydrogens is 456 g/mol. The van der Waals surface area contributed by atoms with Crippen LogP contribution < -0.4 is 10.6 Å². The van der Waals surface area contributed by atoms with Crippen LogP contribution in [0.25, 0.3) is 0 Å². The summed E-state index contributed by atoms with van der Waals surface area (Å²) >= 11 is 0. The Morgan fingerprint density at radius 2 is 1.81 bits per heavy atom. The maximum atomic E-state index is 15.1. The molecule has 2 aliphatic carbocycles. The molecule has 190 valence electrons. The van der Waals surface area contributed by atoms with E-state index in [0.717, 1.165) is 49.8 Å². The predicted molar refractivity (Wildman–Crippen MR) is 134 cm³/mol. The Hall–Kier alpha value is -3.09. The molecule has 0 bridgehead atoms. The Morgan fingerprint density at radius 3 is 2.53 bits per heavy atom. The van der Waals surface area contributed by atoms with Crippen molar-refractivity contribution in [3.63, 3.8) is 0 Å². The number of anilines is 1. The van der Waals surface area contributed by atoms with Crippen LogP contribution in [0.1, 0.15) is 89.7 Å². The van der Waals surface area contributed by atoms with E-state index in [2.05, 4.69) is 19.9 Å². The summed E-state index contributed by atoms with van der Waals surface area (Å²) in [5.41, 5.74) is 7.08. The molecule has 2 N–H and O–H groups in total. The van der Waals surface area contributed by atoms with Gasteiger partial charge in [-0.1, -0.05) is 51.3 Å². The first kappa shape index (κ1) is 23.3. The third-order valence-electron chi connectivity index (χ3n) is 9.02. The van der Waals surface area contributed by atoms with Gasteiger partial charge in [0.1, 0.15) is 16.7 Å². The van der Waals surface area contributed by atoms with Crippen LogP contribution in [0.2, 0.25) is 0 Å². The largest absolute Gasteiger partial charge is 0.462 e. The average Bonchev–Trinajstić information content (AvgIpc) is 3.08. The Bertz CT molecular complexity index is 1270. The van der Waals surface area contributed by atoms with E-state index in [1.54, 1.807) is 6.92 Å². The lowest BCUT2D eigenvalue weighted by Gasteiger charge is -2.54. The number of ether oxygens (including phenoxy) is 2. The Morgan fingerprint density at radius 1 is 1.08 bits per heavy atom. The number of fused-ring (bicyclic) bond motifs is 3. The molecule has 1 saturated carbocycles. The highest BCUT2D eigenvalue weighted by molar-refractivity contribution is 6.24. The number of amides is 1. The molecule has 7 nitrogen and oxygen atoms in total. The summed E-state index contributed by atoms with van der Waals surface area (Å²) < 4.78 is 11.4. The molecule has 2 spiro atoms. The summed E-state index contributed by atoms with van der Waals surface area (Å²) in [5, 5.41) is 0. The maximum Gasteiger partial charge on any atom is 0.341 e. The minimum absolute atomic E-state index is 0.0464. The summed E-state index contributed by atoms with van der Waals surface area (Å²) in [6, 6.07) is 5.93. The molecule has 1 atom stereocenters. The van der Waals surface area contributed by atoms with Gasteiger partial charge in [0.2, 0.25) is 11.8 Å². The van der Waals surface area contributed by atoms with Gasteiger partial charge in [0.25, 0.3) is 0 Å². The van der Waals surface area contributed by atoms with E-state index in [1.807, 2.05) is 17.0 Å². The van der Waals surface area contributed by atoms with E-state index in [1.165, 1.54) is 0 Å². The second kappa shape index (κ2) is 7.70. The topological polar surface area (TPSA) is 98.9 Å². The first-order chi connectivity index (χ1) is 17.2. The van der Waals surface area contributed by atoms with Gasteiger partial charge in [0.15, 0.2) is 5.78 Å². The van der Waals surface area contributed by atoms with Gasteiger partial charge in [-0.2, -0.15) is 0 Å². The molecule has 7 heteroatoms. The minimum atomic E-state index is -1.64. The maximum absolute atomic E-state index is 15.1. The highest BCUT2D eigenvalue weighted by atomic mass is 16.5. The number of ketones is 1. The number of para-hydroxylation sites is 1. The third-order valence-corrected chi connectivity index (χ3v) is 9.02. The smallest absolute Gasteiger partial charge is 0.341 e. The van der Waals surface area contributed by atoms with Crippen molar-refractivity contribution in [2.75, 3.05) is 11.5 Å². The van der Waals surface area contributed by atoms with Crippen LogP contribution in [-0.4, -0.2) is 29.8 Å². The van der Waals surface area contributed by atoms with E-state index < -0.39 is 11.4 Å². The monoisotopic (exact) mass is 490 g/mol. The van der Waals surface area contributed by atoms with Crippen LogP contribution in [0.15, 0.2) is 41.0 Å². The molecular formula is C29H34N2O5. The molecule has 6 rings (SSSR count). The van der Waals surface area contributed by atoms with Gasteiger partial charge in [-0.05, 0) is 43.6 Å². The van der Waals surface area contributed by atoms with Gasteiger partial charge >= 0.3 is 5.97 Å². The van der Waals surface area contributed by atoms with E-state index >= 15 is 4.79 Å². The summed E-state index contributed by atoms with van der Waals surface area (Å²) in [6.07, 6.45) is 7.29. The standard InChI is InChI=1S/C29H34N2O5/c1-4-35-25(33)22-24(30)36-20-13-9-12-19(32)21(20)29(22)18-11-8-10-17-23(18)31(26(29)34)28(16-27(17,2)3)14-6-5-7-15-28/h8,10-11H,4-7,9,12-16,30H2,1-3H3/t29-/m0/s1. The number of carbonyl (C=O) groups excluding carboxylic acids is 3. The van der Waals surface area contributed by atoms with Crippen molar-refractivity contribution in [1.82, 2.24) is 0 Å².